The Kier molecular flexibility index (Phi) is 5.68. The fraction of sp³-hybridized carbons (Fsp3) is 0.286. The van der Waals surface area contributed by atoms with Gasteiger partial charge in [-0.1, -0.05) is 37.0 Å². The molecule has 106 valence electrons. The maximum atomic E-state index is 6.22. The molecule has 0 aliphatic heterocycles. The van der Waals surface area contributed by atoms with Gasteiger partial charge < -0.3 is 0 Å². The summed E-state index contributed by atoms with van der Waals surface area (Å²) in [4.78, 5) is 8.99. The molecule has 6 heteroatoms. The minimum Gasteiger partial charge on any atom is -0.232 e. The van der Waals surface area contributed by atoms with Crippen LogP contribution in [-0.2, 0) is 6.42 Å². The molecule has 20 heavy (non-hydrogen) atoms. The van der Waals surface area contributed by atoms with Crippen LogP contribution in [0, 0.1) is 9.49 Å². The van der Waals surface area contributed by atoms with Gasteiger partial charge in [-0.05, 0) is 69.1 Å². The highest BCUT2D eigenvalue weighted by Gasteiger charge is 2.14. The average Bonchev–Trinajstić information content (AvgIpc) is 2.37. The summed E-state index contributed by atoms with van der Waals surface area (Å²) in [6.07, 6.45) is 0.873. The van der Waals surface area contributed by atoms with E-state index < -0.39 is 0 Å². The van der Waals surface area contributed by atoms with Gasteiger partial charge in [-0.15, -0.1) is 0 Å². The van der Waals surface area contributed by atoms with Gasteiger partial charge in [0.25, 0.3) is 0 Å². The van der Waals surface area contributed by atoms with Gasteiger partial charge in [0, 0.05) is 10.0 Å². The molecule has 1 heterocycles. The lowest BCUT2D eigenvalue weighted by atomic mass is 10.1. The third-order valence-corrected chi connectivity index (χ3v) is 5.62. The van der Waals surface area contributed by atoms with E-state index in [4.69, 9.17) is 23.2 Å². The van der Waals surface area contributed by atoms with Crippen molar-refractivity contribution in [3.63, 3.8) is 0 Å². The first kappa shape index (κ1) is 16.5. The highest BCUT2D eigenvalue weighted by Crippen LogP contribution is 2.29. The molecule has 1 aromatic carbocycles. The predicted octanol–water partition coefficient (Wildman–Crippen LogP) is 6.02. The van der Waals surface area contributed by atoms with Crippen LogP contribution < -0.4 is 0 Å². The molecule has 0 spiro atoms. The van der Waals surface area contributed by atoms with Gasteiger partial charge in [0.15, 0.2) is 5.82 Å². The van der Waals surface area contributed by atoms with E-state index in [1.54, 1.807) is 0 Å². The fourth-order valence-electron chi connectivity index (χ4n) is 1.75. The standard InChI is InChI=1S/C14H12BrCl2IN2/c1-7(2)5-11-12(18)13(17)20-14(19-11)8-3-4-9(15)10(16)6-8/h3-4,6-7H,5H2,1-2H3. The highest BCUT2D eigenvalue weighted by atomic mass is 127. The number of rotatable bonds is 3. The minimum atomic E-state index is 0.491. The molecule has 2 rings (SSSR count). The monoisotopic (exact) mass is 484 g/mol. The van der Waals surface area contributed by atoms with E-state index >= 15 is 0 Å². The molecule has 0 saturated carbocycles. The van der Waals surface area contributed by atoms with Crippen molar-refractivity contribution in [1.29, 1.82) is 0 Å². The average molecular weight is 486 g/mol. The van der Waals surface area contributed by atoms with E-state index in [0.717, 1.165) is 25.7 Å². The molecule has 2 nitrogen and oxygen atoms in total. The maximum absolute atomic E-state index is 6.22. The predicted molar refractivity (Wildman–Crippen MR) is 96.4 cm³/mol. The second-order valence-corrected chi connectivity index (χ2v) is 7.52. The van der Waals surface area contributed by atoms with Crippen LogP contribution in [0.5, 0.6) is 0 Å². The van der Waals surface area contributed by atoms with E-state index in [2.05, 4.69) is 62.3 Å². The molecule has 0 radical (unpaired) electrons. The third kappa shape index (κ3) is 3.84. The lowest BCUT2D eigenvalue weighted by Gasteiger charge is -2.10. The molecule has 0 bridgehead atoms. The minimum absolute atomic E-state index is 0.491. The number of hydrogen-bond acceptors (Lipinski definition) is 2. The van der Waals surface area contributed by atoms with Crippen LogP contribution in [-0.4, -0.2) is 9.97 Å². The third-order valence-electron chi connectivity index (χ3n) is 2.66. The SMILES string of the molecule is CC(C)Cc1nc(-c2ccc(Br)c(Cl)c2)nc(Cl)c1I. The van der Waals surface area contributed by atoms with Crippen LogP contribution in [0.15, 0.2) is 22.7 Å². The Balaban J connectivity index is 2.51. The molecule has 0 fully saturated rings. The van der Waals surface area contributed by atoms with Crippen molar-refractivity contribution in [2.45, 2.75) is 20.3 Å². The maximum Gasteiger partial charge on any atom is 0.161 e. The van der Waals surface area contributed by atoms with Crippen LogP contribution in [0.3, 0.4) is 0 Å². The molecule has 0 N–H and O–H groups in total. The Labute approximate surface area is 150 Å². The normalized spacial score (nSPS) is 11.2. The second kappa shape index (κ2) is 6.90. The van der Waals surface area contributed by atoms with Gasteiger partial charge in [-0.2, -0.15) is 0 Å². The lowest BCUT2D eigenvalue weighted by Crippen LogP contribution is -2.04. The summed E-state index contributed by atoms with van der Waals surface area (Å²) in [6.45, 7) is 4.31. The van der Waals surface area contributed by atoms with Gasteiger partial charge >= 0.3 is 0 Å². The molecule has 1 aromatic heterocycles. The number of halogens is 4. The smallest absolute Gasteiger partial charge is 0.161 e. The Bertz CT molecular complexity index is 647. The van der Waals surface area contributed by atoms with Crippen molar-refractivity contribution in [2.24, 2.45) is 5.92 Å². The van der Waals surface area contributed by atoms with Crippen LogP contribution in [0.4, 0.5) is 0 Å². The van der Waals surface area contributed by atoms with E-state index in [9.17, 15) is 0 Å². The first-order chi connectivity index (χ1) is 9.38. The van der Waals surface area contributed by atoms with E-state index in [1.165, 1.54) is 0 Å². The molecule has 0 amide bonds. The summed E-state index contributed by atoms with van der Waals surface area (Å²) >= 11 is 17.9. The largest absolute Gasteiger partial charge is 0.232 e. The molecular formula is C14H12BrCl2IN2. The summed E-state index contributed by atoms with van der Waals surface area (Å²) < 4.78 is 1.77. The summed E-state index contributed by atoms with van der Waals surface area (Å²) in [7, 11) is 0. The zero-order valence-corrected chi connectivity index (χ0v) is 16.2. The highest BCUT2D eigenvalue weighted by molar-refractivity contribution is 14.1. The zero-order valence-electron chi connectivity index (χ0n) is 10.9. The molecular weight excluding hydrogens is 474 g/mol. The van der Waals surface area contributed by atoms with Gasteiger partial charge in [-0.3, -0.25) is 0 Å². The summed E-state index contributed by atoms with van der Waals surface area (Å²) in [5.74, 6) is 1.12. The number of aromatic nitrogens is 2. The van der Waals surface area contributed by atoms with Crippen LogP contribution >= 0.6 is 61.7 Å². The quantitative estimate of drug-likeness (QED) is 0.392. The van der Waals surface area contributed by atoms with Crippen molar-refractivity contribution < 1.29 is 0 Å². The fourth-order valence-corrected chi connectivity index (χ4v) is 2.83. The summed E-state index contributed by atoms with van der Waals surface area (Å²) in [5.41, 5.74) is 1.84. The van der Waals surface area contributed by atoms with Gasteiger partial charge in [0.05, 0.1) is 14.3 Å². The van der Waals surface area contributed by atoms with Crippen molar-refractivity contribution >= 4 is 61.7 Å². The lowest BCUT2D eigenvalue weighted by molar-refractivity contribution is 0.632. The van der Waals surface area contributed by atoms with E-state index in [-0.39, 0.29) is 0 Å². The van der Waals surface area contributed by atoms with Crippen molar-refractivity contribution in [1.82, 2.24) is 9.97 Å². The van der Waals surface area contributed by atoms with Crippen LogP contribution in [0.1, 0.15) is 19.5 Å². The Morgan fingerprint density at radius 3 is 2.55 bits per heavy atom. The van der Waals surface area contributed by atoms with Gasteiger partial charge in [-0.25, -0.2) is 9.97 Å². The van der Waals surface area contributed by atoms with Crippen LogP contribution in [0.25, 0.3) is 11.4 Å². The van der Waals surface area contributed by atoms with E-state index in [0.29, 0.717) is 21.9 Å². The van der Waals surface area contributed by atoms with Gasteiger partial charge in [0.1, 0.15) is 5.15 Å². The zero-order chi connectivity index (χ0) is 14.9. The number of hydrogen-bond donors (Lipinski definition) is 0. The molecule has 0 aliphatic carbocycles. The van der Waals surface area contributed by atoms with Crippen LogP contribution in [0.2, 0.25) is 10.2 Å². The second-order valence-electron chi connectivity index (χ2n) is 4.83. The topological polar surface area (TPSA) is 25.8 Å². The molecule has 0 aliphatic rings. The first-order valence-corrected chi connectivity index (χ1v) is 8.68. The molecule has 0 saturated heterocycles. The Morgan fingerprint density at radius 1 is 1.25 bits per heavy atom. The molecule has 2 aromatic rings. The van der Waals surface area contributed by atoms with Crippen molar-refractivity contribution in [3.8, 4) is 11.4 Å². The number of benzene rings is 1. The van der Waals surface area contributed by atoms with Crippen molar-refractivity contribution in [3.05, 3.63) is 42.1 Å². The Hall–Kier alpha value is 0.0900. The van der Waals surface area contributed by atoms with E-state index in [1.807, 2.05) is 18.2 Å². The molecule has 0 unspecified atom stereocenters. The first-order valence-electron chi connectivity index (χ1n) is 6.05. The van der Waals surface area contributed by atoms with Crippen molar-refractivity contribution in [2.75, 3.05) is 0 Å². The number of nitrogens with zero attached hydrogens (tertiary/aromatic N) is 2. The summed E-state index contributed by atoms with van der Waals surface area (Å²) in [6, 6.07) is 5.64. The molecule has 0 atom stereocenters. The summed E-state index contributed by atoms with van der Waals surface area (Å²) in [5, 5.41) is 1.12. The van der Waals surface area contributed by atoms with Gasteiger partial charge in [0.2, 0.25) is 0 Å². The Morgan fingerprint density at radius 2 is 1.95 bits per heavy atom.